The summed E-state index contributed by atoms with van der Waals surface area (Å²) in [6.45, 7) is 5.05. The van der Waals surface area contributed by atoms with E-state index in [2.05, 4.69) is 10.4 Å². The van der Waals surface area contributed by atoms with Crippen molar-refractivity contribution in [2.75, 3.05) is 0 Å². The van der Waals surface area contributed by atoms with Crippen LogP contribution in [0.1, 0.15) is 35.0 Å². The van der Waals surface area contributed by atoms with E-state index in [9.17, 15) is 14.4 Å². The molecule has 21 heavy (non-hydrogen) atoms. The second-order valence-electron chi connectivity index (χ2n) is 4.68. The van der Waals surface area contributed by atoms with Gasteiger partial charge in [-0.25, -0.2) is 9.48 Å². The SMILES string of the molecule is C/C=C/CC(NC(=O)c1c(C)c(C)nn(C)c1=O)C(=O)O. The van der Waals surface area contributed by atoms with Crippen LogP contribution < -0.4 is 10.9 Å². The molecule has 1 aromatic heterocycles. The van der Waals surface area contributed by atoms with E-state index < -0.39 is 23.5 Å². The largest absolute Gasteiger partial charge is 0.480 e. The number of carboxylic acid groups (broad SMARTS) is 1. The normalized spacial score (nSPS) is 12.4. The molecule has 0 aromatic carbocycles. The average molecular weight is 293 g/mol. The van der Waals surface area contributed by atoms with Gasteiger partial charge in [0.15, 0.2) is 0 Å². The number of amides is 1. The summed E-state index contributed by atoms with van der Waals surface area (Å²) in [6.07, 6.45) is 3.49. The van der Waals surface area contributed by atoms with Crippen molar-refractivity contribution < 1.29 is 14.7 Å². The fraction of sp³-hybridized carbons (Fsp3) is 0.429. The number of allylic oxidation sites excluding steroid dienone is 1. The lowest BCUT2D eigenvalue weighted by molar-refractivity contribution is -0.139. The van der Waals surface area contributed by atoms with Gasteiger partial charge in [-0.1, -0.05) is 12.2 Å². The van der Waals surface area contributed by atoms with Gasteiger partial charge in [0.1, 0.15) is 11.6 Å². The summed E-state index contributed by atoms with van der Waals surface area (Å²) in [5.74, 6) is -1.85. The van der Waals surface area contributed by atoms with E-state index in [1.807, 2.05) is 0 Å². The molecule has 0 bridgehead atoms. The number of aryl methyl sites for hydroxylation is 2. The summed E-state index contributed by atoms with van der Waals surface area (Å²) in [5.41, 5.74) is 0.371. The van der Waals surface area contributed by atoms with Crippen LogP contribution in [0.5, 0.6) is 0 Å². The lowest BCUT2D eigenvalue weighted by Gasteiger charge is -2.14. The minimum atomic E-state index is -1.15. The van der Waals surface area contributed by atoms with Crippen LogP contribution in [0.4, 0.5) is 0 Å². The predicted molar refractivity (Wildman–Crippen MR) is 77.3 cm³/mol. The van der Waals surface area contributed by atoms with Crippen LogP contribution in [-0.4, -0.2) is 32.8 Å². The highest BCUT2D eigenvalue weighted by molar-refractivity contribution is 5.97. The van der Waals surface area contributed by atoms with Gasteiger partial charge in [0.05, 0.1) is 5.69 Å². The number of aliphatic carboxylic acids is 1. The number of hydrogen-bond donors (Lipinski definition) is 2. The van der Waals surface area contributed by atoms with Crippen molar-refractivity contribution in [2.24, 2.45) is 7.05 Å². The van der Waals surface area contributed by atoms with Crippen LogP contribution in [0, 0.1) is 13.8 Å². The highest BCUT2D eigenvalue weighted by atomic mass is 16.4. The van der Waals surface area contributed by atoms with Crippen molar-refractivity contribution in [3.05, 3.63) is 39.3 Å². The highest BCUT2D eigenvalue weighted by Gasteiger charge is 2.23. The third-order valence-corrected chi connectivity index (χ3v) is 3.16. The first-order chi connectivity index (χ1) is 9.79. The van der Waals surface area contributed by atoms with E-state index in [1.165, 1.54) is 7.05 Å². The topological polar surface area (TPSA) is 101 Å². The van der Waals surface area contributed by atoms with Crippen molar-refractivity contribution in [3.63, 3.8) is 0 Å². The Hall–Kier alpha value is -2.44. The average Bonchev–Trinajstić information content (AvgIpc) is 2.41. The van der Waals surface area contributed by atoms with Crippen LogP contribution >= 0.6 is 0 Å². The molecule has 1 heterocycles. The van der Waals surface area contributed by atoms with E-state index in [1.54, 1.807) is 32.9 Å². The Morgan fingerprint density at radius 1 is 1.43 bits per heavy atom. The summed E-state index contributed by atoms with van der Waals surface area (Å²) in [5, 5.41) is 15.4. The van der Waals surface area contributed by atoms with E-state index in [-0.39, 0.29) is 12.0 Å². The molecule has 1 rings (SSSR count). The molecule has 0 radical (unpaired) electrons. The van der Waals surface area contributed by atoms with Crippen LogP contribution in [0.3, 0.4) is 0 Å². The third kappa shape index (κ3) is 3.77. The number of nitrogens with one attached hydrogen (secondary N) is 1. The molecule has 0 aliphatic rings. The zero-order valence-corrected chi connectivity index (χ0v) is 12.5. The van der Waals surface area contributed by atoms with Crippen molar-refractivity contribution in [1.82, 2.24) is 15.1 Å². The fourth-order valence-electron chi connectivity index (χ4n) is 1.84. The van der Waals surface area contributed by atoms with E-state index >= 15 is 0 Å². The van der Waals surface area contributed by atoms with Crippen molar-refractivity contribution >= 4 is 11.9 Å². The lowest BCUT2D eigenvalue weighted by atomic mass is 10.1. The molecule has 1 amide bonds. The Kier molecular flexibility index (Phi) is 5.40. The van der Waals surface area contributed by atoms with E-state index in [0.717, 1.165) is 4.68 Å². The third-order valence-electron chi connectivity index (χ3n) is 3.16. The second-order valence-corrected chi connectivity index (χ2v) is 4.68. The van der Waals surface area contributed by atoms with Gasteiger partial charge in [0, 0.05) is 7.05 Å². The molecule has 0 spiro atoms. The van der Waals surface area contributed by atoms with Crippen molar-refractivity contribution in [3.8, 4) is 0 Å². The number of nitrogens with zero attached hydrogens (tertiary/aromatic N) is 2. The van der Waals surface area contributed by atoms with Gasteiger partial charge in [0.2, 0.25) is 0 Å². The summed E-state index contributed by atoms with van der Waals surface area (Å²) in [7, 11) is 1.44. The molecule has 1 unspecified atom stereocenters. The number of aromatic nitrogens is 2. The first kappa shape index (κ1) is 16.6. The van der Waals surface area contributed by atoms with Gasteiger partial charge in [-0.3, -0.25) is 9.59 Å². The smallest absolute Gasteiger partial charge is 0.326 e. The minimum absolute atomic E-state index is 0.0725. The van der Waals surface area contributed by atoms with E-state index in [0.29, 0.717) is 11.3 Å². The quantitative estimate of drug-likeness (QED) is 0.772. The molecule has 1 atom stereocenters. The molecule has 7 heteroatoms. The Labute approximate surface area is 122 Å². The monoisotopic (exact) mass is 293 g/mol. The minimum Gasteiger partial charge on any atom is -0.480 e. The number of hydrogen-bond acceptors (Lipinski definition) is 4. The summed E-state index contributed by atoms with van der Waals surface area (Å²) >= 11 is 0. The van der Waals surface area contributed by atoms with Crippen LogP contribution in [0.2, 0.25) is 0 Å². The molecular formula is C14H19N3O4. The number of carbonyl (C=O) groups is 2. The number of carbonyl (C=O) groups excluding carboxylic acids is 1. The Morgan fingerprint density at radius 3 is 2.57 bits per heavy atom. The van der Waals surface area contributed by atoms with E-state index in [4.69, 9.17) is 5.11 Å². The number of carboxylic acids is 1. The summed E-state index contributed by atoms with van der Waals surface area (Å²) in [4.78, 5) is 35.4. The van der Waals surface area contributed by atoms with Crippen LogP contribution in [0.25, 0.3) is 0 Å². The highest BCUT2D eigenvalue weighted by Crippen LogP contribution is 2.07. The maximum atomic E-state index is 12.2. The maximum absolute atomic E-state index is 12.2. The first-order valence-corrected chi connectivity index (χ1v) is 6.48. The molecule has 114 valence electrons. The fourth-order valence-corrected chi connectivity index (χ4v) is 1.84. The zero-order valence-electron chi connectivity index (χ0n) is 12.5. The van der Waals surface area contributed by atoms with Gasteiger partial charge in [-0.05, 0) is 32.8 Å². The van der Waals surface area contributed by atoms with Gasteiger partial charge >= 0.3 is 5.97 Å². The molecule has 0 aliphatic carbocycles. The van der Waals surface area contributed by atoms with Gasteiger partial charge in [-0.15, -0.1) is 0 Å². The summed E-state index contributed by atoms with van der Waals surface area (Å²) in [6, 6.07) is -1.08. The second kappa shape index (κ2) is 6.83. The Morgan fingerprint density at radius 2 is 2.05 bits per heavy atom. The molecule has 2 N–H and O–H groups in total. The number of rotatable bonds is 5. The molecule has 0 saturated carbocycles. The molecule has 7 nitrogen and oxygen atoms in total. The molecular weight excluding hydrogens is 274 g/mol. The maximum Gasteiger partial charge on any atom is 0.326 e. The molecule has 1 aromatic rings. The van der Waals surface area contributed by atoms with Crippen molar-refractivity contribution in [1.29, 1.82) is 0 Å². The summed E-state index contributed by atoms with van der Waals surface area (Å²) < 4.78 is 1.07. The van der Waals surface area contributed by atoms with Gasteiger partial charge in [0.25, 0.3) is 11.5 Å². The first-order valence-electron chi connectivity index (χ1n) is 6.48. The van der Waals surface area contributed by atoms with Crippen LogP contribution in [-0.2, 0) is 11.8 Å². The van der Waals surface area contributed by atoms with Gasteiger partial charge in [-0.2, -0.15) is 5.10 Å². The molecule has 0 fully saturated rings. The lowest BCUT2D eigenvalue weighted by Crippen LogP contribution is -2.43. The molecule has 0 aliphatic heterocycles. The van der Waals surface area contributed by atoms with Crippen molar-refractivity contribution in [2.45, 2.75) is 33.2 Å². The Bertz CT molecular complexity index is 646. The Balaban J connectivity index is 3.14. The standard InChI is InChI=1S/C14H19N3O4/c1-5-6-7-10(14(20)21)15-12(18)11-8(2)9(3)16-17(4)13(11)19/h5-6,10H,7H2,1-4H3,(H,15,18)(H,20,21)/b6-5+. The zero-order chi connectivity index (χ0) is 16.2. The predicted octanol–water partition coefficient (Wildman–Crippen LogP) is 0.546. The van der Waals surface area contributed by atoms with Crippen LogP contribution in [0.15, 0.2) is 16.9 Å². The van der Waals surface area contributed by atoms with Gasteiger partial charge < -0.3 is 10.4 Å². The molecule has 0 saturated heterocycles.